The Morgan fingerprint density at radius 2 is 1.94 bits per heavy atom. The van der Waals surface area contributed by atoms with Gasteiger partial charge in [0.15, 0.2) is 0 Å². The summed E-state index contributed by atoms with van der Waals surface area (Å²) < 4.78 is 0. The van der Waals surface area contributed by atoms with Crippen molar-refractivity contribution >= 4 is 0 Å². The summed E-state index contributed by atoms with van der Waals surface area (Å²) in [5.41, 5.74) is 0. The van der Waals surface area contributed by atoms with E-state index in [1.165, 1.54) is 52.0 Å². The molecular weight excluding hydrogens is 222 g/mol. The molecule has 0 saturated carbocycles. The van der Waals surface area contributed by atoms with Crippen LogP contribution in [0.25, 0.3) is 0 Å². The minimum absolute atomic E-state index is 0.681. The van der Waals surface area contributed by atoms with Crippen molar-refractivity contribution in [1.29, 1.82) is 0 Å². The standard InChI is InChI=1S/C15H33N3/c1-5-10-16-14(6-2)12-17-11-9-15(13-17)18(7-3)8-4/h14-16H,5-13H2,1-4H3. The van der Waals surface area contributed by atoms with Crippen LogP contribution < -0.4 is 5.32 Å². The van der Waals surface area contributed by atoms with Gasteiger partial charge in [-0.1, -0.05) is 27.7 Å². The smallest absolute Gasteiger partial charge is 0.0235 e. The fourth-order valence-corrected chi connectivity index (χ4v) is 3.01. The van der Waals surface area contributed by atoms with Crippen molar-refractivity contribution in [1.82, 2.24) is 15.1 Å². The first-order chi connectivity index (χ1) is 8.74. The van der Waals surface area contributed by atoms with E-state index < -0.39 is 0 Å². The highest BCUT2D eigenvalue weighted by Gasteiger charge is 2.26. The number of hydrogen-bond donors (Lipinski definition) is 1. The molecule has 3 nitrogen and oxygen atoms in total. The molecule has 2 unspecified atom stereocenters. The molecule has 18 heavy (non-hydrogen) atoms. The van der Waals surface area contributed by atoms with E-state index in [0.717, 1.165) is 12.6 Å². The lowest BCUT2D eigenvalue weighted by Crippen LogP contribution is -2.42. The predicted octanol–water partition coefficient (Wildman–Crippen LogP) is 2.18. The van der Waals surface area contributed by atoms with Gasteiger partial charge in [0.05, 0.1) is 0 Å². The van der Waals surface area contributed by atoms with Crippen LogP contribution in [0.4, 0.5) is 0 Å². The lowest BCUT2D eigenvalue weighted by Gasteiger charge is -2.27. The van der Waals surface area contributed by atoms with Crippen LogP contribution in [-0.2, 0) is 0 Å². The molecule has 1 aliphatic rings. The predicted molar refractivity (Wildman–Crippen MR) is 80.1 cm³/mol. The second-order valence-corrected chi connectivity index (χ2v) is 5.48. The van der Waals surface area contributed by atoms with E-state index in [2.05, 4.69) is 42.8 Å². The Balaban J connectivity index is 2.32. The maximum atomic E-state index is 3.66. The molecule has 0 aromatic heterocycles. The first-order valence-corrected chi connectivity index (χ1v) is 7.94. The van der Waals surface area contributed by atoms with Gasteiger partial charge in [0.25, 0.3) is 0 Å². The molecule has 3 heteroatoms. The lowest BCUT2D eigenvalue weighted by molar-refractivity contribution is 0.204. The molecule has 0 amide bonds. The normalized spacial score (nSPS) is 22.8. The summed E-state index contributed by atoms with van der Waals surface area (Å²) in [5, 5.41) is 3.66. The van der Waals surface area contributed by atoms with Gasteiger partial charge in [-0.2, -0.15) is 0 Å². The van der Waals surface area contributed by atoms with E-state index in [1.807, 2.05) is 0 Å². The third kappa shape index (κ3) is 4.87. The number of likely N-dealkylation sites (tertiary alicyclic amines) is 1. The van der Waals surface area contributed by atoms with Gasteiger partial charge in [0, 0.05) is 25.2 Å². The molecule has 1 rings (SSSR count). The number of rotatable bonds is 9. The number of nitrogens with zero attached hydrogens (tertiary/aromatic N) is 2. The van der Waals surface area contributed by atoms with Crippen molar-refractivity contribution in [3.05, 3.63) is 0 Å². The molecule has 1 aliphatic heterocycles. The Kier molecular flexibility index (Phi) is 7.87. The van der Waals surface area contributed by atoms with E-state index in [-0.39, 0.29) is 0 Å². The monoisotopic (exact) mass is 255 g/mol. The van der Waals surface area contributed by atoms with E-state index >= 15 is 0 Å². The van der Waals surface area contributed by atoms with Gasteiger partial charge >= 0.3 is 0 Å². The van der Waals surface area contributed by atoms with E-state index in [1.54, 1.807) is 0 Å². The fourth-order valence-electron chi connectivity index (χ4n) is 3.01. The summed E-state index contributed by atoms with van der Waals surface area (Å²) >= 11 is 0. The van der Waals surface area contributed by atoms with Crippen LogP contribution in [0.15, 0.2) is 0 Å². The highest BCUT2D eigenvalue weighted by atomic mass is 15.3. The molecule has 1 saturated heterocycles. The van der Waals surface area contributed by atoms with Gasteiger partial charge in [-0.3, -0.25) is 4.90 Å². The van der Waals surface area contributed by atoms with Crippen molar-refractivity contribution in [2.24, 2.45) is 0 Å². The molecule has 1 N–H and O–H groups in total. The zero-order valence-corrected chi connectivity index (χ0v) is 12.9. The first-order valence-electron chi connectivity index (χ1n) is 7.94. The van der Waals surface area contributed by atoms with Crippen LogP contribution in [0.3, 0.4) is 0 Å². The Morgan fingerprint density at radius 3 is 2.50 bits per heavy atom. The quantitative estimate of drug-likeness (QED) is 0.681. The zero-order valence-electron chi connectivity index (χ0n) is 12.9. The van der Waals surface area contributed by atoms with Crippen molar-refractivity contribution in [3.8, 4) is 0 Å². The van der Waals surface area contributed by atoms with Crippen molar-refractivity contribution in [2.75, 3.05) is 39.3 Å². The van der Waals surface area contributed by atoms with Crippen LogP contribution in [0.1, 0.15) is 47.0 Å². The molecule has 0 spiro atoms. The molecule has 0 aromatic rings. The molecular formula is C15H33N3. The number of hydrogen-bond acceptors (Lipinski definition) is 3. The van der Waals surface area contributed by atoms with Crippen molar-refractivity contribution in [2.45, 2.75) is 59.0 Å². The number of nitrogens with one attached hydrogen (secondary N) is 1. The summed E-state index contributed by atoms with van der Waals surface area (Å²) in [6.07, 6.45) is 3.83. The van der Waals surface area contributed by atoms with E-state index in [4.69, 9.17) is 0 Å². The van der Waals surface area contributed by atoms with Crippen LogP contribution in [0.5, 0.6) is 0 Å². The third-order valence-corrected chi connectivity index (χ3v) is 4.23. The second-order valence-electron chi connectivity index (χ2n) is 5.48. The summed E-state index contributed by atoms with van der Waals surface area (Å²) in [4.78, 5) is 5.26. The molecule has 108 valence electrons. The van der Waals surface area contributed by atoms with Crippen LogP contribution in [-0.4, -0.2) is 61.2 Å². The van der Waals surface area contributed by atoms with Crippen molar-refractivity contribution in [3.63, 3.8) is 0 Å². The van der Waals surface area contributed by atoms with Crippen molar-refractivity contribution < 1.29 is 0 Å². The maximum absolute atomic E-state index is 3.66. The van der Waals surface area contributed by atoms with Crippen LogP contribution in [0, 0.1) is 0 Å². The zero-order chi connectivity index (χ0) is 13.4. The molecule has 0 bridgehead atoms. The van der Waals surface area contributed by atoms with Gasteiger partial charge in [0.1, 0.15) is 0 Å². The van der Waals surface area contributed by atoms with Gasteiger partial charge < -0.3 is 10.2 Å². The van der Waals surface area contributed by atoms with Gasteiger partial charge in [-0.15, -0.1) is 0 Å². The summed E-state index contributed by atoms with van der Waals surface area (Å²) in [7, 11) is 0. The maximum Gasteiger partial charge on any atom is 0.0235 e. The van der Waals surface area contributed by atoms with E-state index in [9.17, 15) is 0 Å². The largest absolute Gasteiger partial charge is 0.313 e. The Morgan fingerprint density at radius 1 is 1.22 bits per heavy atom. The second kappa shape index (κ2) is 8.89. The molecule has 0 radical (unpaired) electrons. The summed E-state index contributed by atoms with van der Waals surface area (Å²) in [6.45, 7) is 16.4. The minimum atomic E-state index is 0.681. The van der Waals surface area contributed by atoms with E-state index in [0.29, 0.717) is 6.04 Å². The third-order valence-electron chi connectivity index (χ3n) is 4.23. The topological polar surface area (TPSA) is 18.5 Å². The average Bonchev–Trinajstić information content (AvgIpc) is 2.84. The molecule has 0 aliphatic carbocycles. The highest BCUT2D eigenvalue weighted by molar-refractivity contribution is 4.84. The number of likely N-dealkylation sites (N-methyl/N-ethyl adjacent to an activating group) is 1. The Bertz CT molecular complexity index is 204. The Labute approximate surface area is 114 Å². The Hall–Kier alpha value is -0.120. The SMILES string of the molecule is CCCNC(CC)CN1CCC(N(CC)CC)C1. The lowest BCUT2D eigenvalue weighted by atomic mass is 10.2. The molecule has 0 aromatic carbocycles. The first kappa shape index (κ1) is 15.9. The summed E-state index contributed by atoms with van der Waals surface area (Å²) in [6, 6.07) is 1.48. The van der Waals surface area contributed by atoms with Gasteiger partial charge in [0.2, 0.25) is 0 Å². The van der Waals surface area contributed by atoms with Crippen LogP contribution >= 0.6 is 0 Å². The van der Waals surface area contributed by atoms with Gasteiger partial charge in [-0.05, 0) is 45.4 Å². The molecule has 1 heterocycles. The summed E-state index contributed by atoms with van der Waals surface area (Å²) in [5.74, 6) is 0. The van der Waals surface area contributed by atoms with Crippen LogP contribution in [0.2, 0.25) is 0 Å². The fraction of sp³-hybridized carbons (Fsp3) is 1.00. The minimum Gasteiger partial charge on any atom is -0.313 e. The average molecular weight is 255 g/mol. The molecule has 2 atom stereocenters. The highest BCUT2D eigenvalue weighted by Crippen LogP contribution is 2.16. The molecule has 1 fully saturated rings. The van der Waals surface area contributed by atoms with Gasteiger partial charge in [-0.25, -0.2) is 0 Å².